The Kier molecular flexibility index (Phi) is 6.38. The average molecular weight is 442 g/mol. The van der Waals surface area contributed by atoms with Gasteiger partial charge in [-0.2, -0.15) is 4.31 Å². The van der Waals surface area contributed by atoms with Crippen molar-refractivity contribution in [2.45, 2.75) is 43.5 Å². The molecule has 2 aliphatic rings. The van der Waals surface area contributed by atoms with Crippen molar-refractivity contribution in [2.24, 2.45) is 5.92 Å². The molecule has 0 saturated carbocycles. The number of benzene rings is 2. The third-order valence-electron chi connectivity index (χ3n) is 5.90. The SMILES string of the molecule is O=C1CCCc2cc(S(=O)(=O)N3CCC[C@@H](C(=O)NCc4ccccc4)C3)ccc2N1. The molecule has 1 saturated heterocycles. The number of sulfonamides is 1. The highest BCUT2D eigenvalue weighted by Gasteiger charge is 2.33. The summed E-state index contributed by atoms with van der Waals surface area (Å²) in [5, 5.41) is 5.76. The first-order valence-corrected chi connectivity index (χ1v) is 12.1. The Balaban J connectivity index is 1.45. The highest BCUT2D eigenvalue weighted by atomic mass is 32.2. The van der Waals surface area contributed by atoms with E-state index in [1.165, 1.54) is 4.31 Å². The van der Waals surface area contributed by atoms with Gasteiger partial charge in [0.25, 0.3) is 0 Å². The van der Waals surface area contributed by atoms with E-state index in [0.29, 0.717) is 50.9 Å². The molecular formula is C23H27N3O4S. The van der Waals surface area contributed by atoms with Crippen molar-refractivity contribution < 1.29 is 18.0 Å². The van der Waals surface area contributed by atoms with Crippen molar-refractivity contribution in [2.75, 3.05) is 18.4 Å². The Morgan fingerprint density at radius 3 is 2.71 bits per heavy atom. The molecule has 8 heteroatoms. The van der Waals surface area contributed by atoms with Gasteiger partial charge < -0.3 is 10.6 Å². The van der Waals surface area contributed by atoms with Crippen LogP contribution in [0.3, 0.4) is 0 Å². The Morgan fingerprint density at radius 2 is 1.90 bits per heavy atom. The van der Waals surface area contributed by atoms with Gasteiger partial charge in [-0.15, -0.1) is 0 Å². The van der Waals surface area contributed by atoms with Crippen LogP contribution in [-0.4, -0.2) is 37.6 Å². The van der Waals surface area contributed by atoms with E-state index in [4.69, 9.17) is 0 Å². The van der Waals surface area contributed by atoms with Crippen molar-refractivity contribution in [3.05, 3.63) is 59.7 Å². The maximum Gasteiger partial charge on any atom is 0.243 e. The zero-order valence-corrected chi connectivity index (χ0v) is 18.2. The minimum atomic E-state index is -3.71. The van der Waals surface area contributed by atoms with E-state index in [-0.39, 0.29) is 29.2 Å². The van der Waals surface area contributed by atoms with E-state index in [1.807, 2.05) is 30.3 Å². The van der Waals surface area contributed by atoms with E-state index in [9.17, 15) is 18.0 Å². The number of hydrogen-bond acceptors (Lipinski definition) is 4. The molecule has 1 atom stereocenters. The van der Waals surface area contributed by atoms with Crippen LogP contribution in [0.2, 0.25) is 0 Å². The minimum absolute atomic E-state index is 0.0465. The topological polar surface area (TPSA) is 95.6 Å². The highest BCUT2D eigenvalue weighted by molar-refractivity contribution is 7.89. The summed E-state index contributed by atoms with van der Waals surface area (Å²) in [7, 11) is -3.71. The second-order valence-electron chi connectivity index (χ2n) is 8.13. The summed E-state index contributed by atoms with van der Waals surface area (Å²) in [4.78, 5) is 24.6. The number of hydrogen-bond donors (Lipinski definition) is 2. The van der Waals surface area contributed by atoms with Crippen LogP contribution < -0.4 is 10.6 Å². The molecule has 2 aromatic carbocycles. The molecular weight excluding hydrogens is 414 g/mol. The normalized spacial score (nSPS) is 19.7. The van der Waals surface area contributed by atoms with Gasteiger partial charge in [0.2, 0.25) is 21.8 Å². The number of carbonyl (C=O) groups is 2. The predicted octanol–water partition coefficient (Wildman–Crippen LogP) is 2.68. The number of aryl methyl sites for hydroxylation is 1. The molecule has 0 unspecified atom stereocenters. The van der Waals surface area contributed by atoms with Crippen molar-refractivity contribution in [3.63, 3.8) is 0 Å². The molecule has 4 rings (SSSR count). The Hall–Kier alpha value is -2.71. The summed E-state index contributed by atoms with van der Waals surface area (Å²) < 4.78 is 28.0. The fourth-order valence-electron chi connectivity index (χ4n) is 4.16. The zero-order chi connectivity index (χ0) is 21.8. The van der Waals surface area contributed by atoms with Gasteiger partial charge in [0.05, 0.1) is 10.8 Å². The van der Waals surface area contributed by atoms with Gasteiger partial charge in [0.15, 0.2) is 0 Å². The fourth-order valence-corrected chi connectivity index (χ4v) is 5.74. The standard InChI is InChI=1S/C23H27N3O4S/c27-22-10-4-8-18-14-20(11-12-21(18)25-22)31(29,30)26-13-5-9-19(16-26)23(28)24-15-17-6-2-1-3-7-17/h1-3,6-7,11-12,14,19H,4-5,8-10,13,15-16H2,(H,24,28)(H,25,27)/t19-/m1/s1. The molecule has 0 bridgehead atoms. The van der Waals surface area contributed by atoms with Gasteiger partial charge >= 0.3 is 0 Å². The van der Waals surface area contributed by atoms with Gasteiger partial charge in [0, 0.05) is 31.7 Å². The number of piperidine rings is 1. The quantitative estimate of drug-likeness (QED) is 0.746. The Labute approximate surface area is 182 Å². The number of fused-ring (bicyclic) bond motifs is 1. The van der Waals surface area contributed by atoms with Crippen LogP contribution in [-0.2, 0) is 32.6 Å². The Morgan fingerprint density at radius 1 is 1.10 bits per heavy atom. The van der Waals surface area contributed by atoms with Gasteiger partial charge in [-0.1, -0.05) is 30.3 Å². The third kappa shape index (κ3) is 4.97. The maximum absolute atomic E-state index is 13.3. The van der Waals surface area contributed by atoms with E-state index in [0.717, 1.165) is 11.1 Å². The molecule has 164 valence electrons. The summed E-state index contributed by atoms with van der Waals surface area (Å²) in [6.07, 6.45) is 3.09. The molecule has 2 amide bonds. The lowest BCUT2D eigenvalue weighted by Crippen LogP contribution is -2.45. The summed E-state index contributed by atoms with van der Waals surface area (Å²) in [5.74, 6) is -0.532. The van der Waals surface area contributed by atoms with Gasteiger partial charge in [0.1, 0.15) is 0 Å². The molecule has 2 aromatic rings. The van der Waals surface area contributed by atoms with Crippen LogP contribution in [0.15, 0.2) is 53.4 Å². The summed E-state index contributed by atoms with van der Waals surface area (Å²) >= 11 is 0. The van der Waals surface area contributed by atoms with Crippen LogP contribution in [0, 0.1) is 5.92 Å². The fraction of sp³-hybridized carbons (Fsp3) is 0.391. The lowest BCUT2D eigenvalue weighted by molar-refractivity contribution is -0.126. The molecule has 2 heterocycles. The molecule has 2 N–H and O–H groups in total. The predicted molar refractivity (Wildman–Crippen MR) is 118 cm³/mol. The molecule has 1 fully saturated rings. The molecule has 0 spiro atoms. The zero-order valence-electron chi connectivity index (χ0n) is 17.3. The van der Waals surface area contributed by atoms with Crippen LogP contribution in [0.25, 0.3) is 0 Å². The van der Waals surface area contributed by atoms with Crippen molar-refractivity contribution >= 4 is 27.5 Å². The second-order valence-corrected chi connectivity index (χ2v) is 10.1. The lowest BCUT2D eigenvalue weighted by Gasteiger charge is -2.31. The van der Waals surface area contributed by atoms with E-state index in [2.05, 4.69) is 10.6 Å². The summed E-state index contributed by atoms with van der Waals surface area (Å²) in [6, 6.07) is 14.5. The third-order valence-corrected chi connectivity index (χ3v) is 7.76. The van der Waals surface area contributed by atoms with E-state index < -0.39 is 10.0 Å². The first-order chi connectivity index (χ1) is 14.9. The van der Waals surface area contributed by atoms with Crippen molar-refractivity contribution in [3.8, 4) is 0 Å². The first-order valence-electron chi connectivity index (χ1n) is 10.7. The largest absolute Gasteiger partial charge is 0.352 e. The number of amides is 2. The highest BCUT2D eigenvalue weighted by Crippen LogP contribution is 2.29. The molecule has 0 aromatic heterocycles. The molecule has 0 aliphatic carbocycles. The van der Waals surface area contributed by atoms with Crippen LogP contribution in [0.1, 0.15) is 36.8 Å². The Bertz CT molecular complexity index is 1070. The van der Waals surface area contributed by atoms with Crippen molar-refractivity contribution in [1.82, 2.24) is 9.62 Å². The maximum atomic E-state index is 13.3. The number of carbonyl (C=O) groups excluding carboxylic acids is 2. The molecule has 2 aliphatic heterocycles. The minimum Gasteiger partial charge on any atom is -0.352 e. The van der Waals surface area contributed by atoms with Gasteiger partial charge in [-0.25, -0.2) is 8.42 Å². The van der Waals surface area contributed by atoms with Gasteiger partial charge in [-0.05, 0) is 55.0 Å². The first kappa shape index (κ1) is 21.5. The number of rotatable bonds is 5. The lowest BCUT2D eigenvalue weighted by atomic mass is 9.99. The summed E-state index contributed by atoms with van der Waals surface area (Å²) in [6.45, 7) is 1.01. The monoisotopic (exact) mass is 441 g/mol. The summed E-state index contributed by atoms with van der Waals surface area (Å²) in [5.41, 5.74) is 2.52. The van der Waals surface area contributed by atoms with Crippen LogP contribution in [0.4, 0.5) is 5.69 Å². The second kappa shape index (κ2) is 9.20. The van der Waals surface area contributed by atoms with E-state index >= 15 is 0 Å². The molecule has 7 nitrogen and oxygen atoms in total. The number of anilines is 1. The van der Waals surface area contributed by atoms with Crippen molar-refractivity contribution in [1.29, 1.82) is 0 Å². The number of nitrogens with zero attached hydrogens (tertiary/aromatic N) is 1. The molecule has 31 heavy (non-hydrogen) atoms. The number of nitrogens with one attached hydrogen (secondary N) is 2. The van der Waals surface area contributed by atoms with Crippen LogP contribution >= 0.6 is 0 Å². The van der Waals surface area contributed by atoms with Crippen LogP contribution in [0.5, 0.6) is 0 Å². The smallest absolute Gasteiger partial charge is 0.243 e. The average Bonchev–Trinajstić information content (AvgIpc) is 2.98. The van der Waals surface area contributed by atoms with Gasteiger partial charge in [-0.3, -0.25) is 9.59 Å². The van der Waals surface area contributed by atoms with E-state index in [1.54, 1.807) is 18.2 Å². The molecule has 0 radical (unpaired) electrons.